The van der Waals surface area contributed by atoms with E-state index < -0.39 is 0 Å². The van der Waals surface area contributed by atoms with Gasteiger partial charge in [0.25, 0.3) is 0 Å². The van der Waals surface area contributed by atoms with Crippen molar-refractivity contribution in [1.82, 2.24) is 9.38 Å². The molecule has 0 fully saturated rings. The lowest BCUT2D eigenvalue weighted by atomic mass is 10.1. The summed E-state index contributed by atoms with van der Waals surface area (Å²) in [6, 6.07) is 13.7. The predicted molar refractivity (Wildman–Crippen MR) is 80.1 cm³/mol. The van der Waals surface area contributed by atoms with Crippen molar-refractivity contribution in [2.45, 2.75) is 20.0 Å². The van der Waals surface area contributed by atoms with Gasteiger partial charge < -0.3 is 5.11 Å². The first-order chi connectivity index (χ1) is 9.69. The Labute approximate surface area is 122 Å². The maximum absolute atomic E-state index is 9.67. The lowest BCUT2D eigenvalue weighted by molar-refractivity contribution is 0.274. The Morgan fingerprint density at radius 3 is 2.60 bits per heavy atom. The first-order valence-corrected chi connectivity index (χ1v) is 6.88. The lowest BCUT2D eigenvalue weighted by Gasteiger charge is -2.04. The molecule has 2 aromatic heterocycles. The molecule has 0 amide bonds. The average molecular weight is 287 g/mol. The molecule has 4 heteroatoms. The SMILES string of the molecule is Cc1cccc2nc(Cc3ccc(Cl)cc3)c(CO)n12. The van der Waals surface area contributed by atoms with Gasteiger partial charge in [-0.15, -0.1) is 0 Å². The summed E-state index contributed by atoms with van der Waals surface area (Å²) in [5.74, 6) is 0. The summed E-state index contributed by atoms with van der Waals surface area (Å²) in [6.07, 6.45) is 0.689. The number of fused-ring (bicyclic) bond motifs is 1. The van der Waals surface area contributed by atoms with Crippen LogP contribution in [-0.4, -0.2) is 14.5 Å². The number of aliphatic hydroxyl groups excluding tert-OH is 1. The number of imidazole rings is 1. The Kier molecular flexibility index (Phi) is 3.47. The molecule has 0 saturated carbocycles. The molecule has 0 radical (unpaired) electrons. The Morgan fingerprint density at radius 1 is 1.15 bits per heavy atom. The molecule has 0 aliphatic carbocycles. The van der Waals surface area contributed by atoms with E-state index >= 15 is 0 Å². The summed E-state index contributed by atoms with van der Waals surface area (Å²) >= 11 is 5.90. The number of hydrogen-bond donors (Lipinski definition) is 1. The van der Waals surface area contributed by atoms with Gasteiger partial charge in [0.15, 0.2) is 0 Å². The molecule has 102 valence electrons. The molecule has 0 saturated heterocycles. The fourth-order valence-corrected chi connectivity index (χ4v) is 2.60. The van der Waals surface area contributed by atoms with Crippen LogP contribution < -0.4 is 0 Å². The highest BCUT2D eigenvalue weighted by Gasteiger charge is 2.13. The minimum absolute atomic E-state index is 0.0189. The number of benzene rings is 1. The quantitative estimate of drug-likeness (QED) is 0.801. The monoisotopic (exact) mass is 286 g/mol. The van der Waals surface area contributed by atoms with E-state index in [4.69, 9.17) is 11.6 Å². The first kappa shape index (κ1) is 13.2. The minimum atomic E-state index is -0.0189. The van der Waals surface area contributed by atoms with E-state index in [2.05, 4.69) is 4.98 Å². The van der Waals surface area contributed by atoms with Gasteiger partial charge in [0.05, 0.1) is 18.0 Å². The van der Waals surface area contributed by atoms with Gasteiger partial charge in [-0.3, -0.25) is 4.40 Å². The standard InChI is InChI=1S/C16H15ClN2O/c1-11-3-2-4-16-18-14(15(10-20)19(11)16)9-12-5-7-13(17)8-6-12/h2-8,20H,9-10H2,1H3. The van der Waals surface area contributed by atoms with E-state index in [0.29, 0.717) is 6.42 Å². The van der Waals surface area contributed by atoms with Crippen LogP contribution in [0.25, 0.3) is 5.65 Å². The van der Waals surface area contributed by atoms with E-state index in [0.717, 1.165) is 33.3 Å². The predicted octanol–water partition coefficient (Wildman–Crippen LogP) is 3.38. The molecule has 20 heavy (non-hydrogen) atoms. The second-order valence-corrected chi connectivity index (χ2v) is 5.26. The van der Waals surface area contributed by atoms with Crippen LogP contribution in [0.5, 0.6) is 0 Å². The van der Waals surface area contributed by atoms with Crippen molar-refractivity contribution in [3.8, 4) is 0 Å². The van der Waals surface area contributed by atoms with Gasteiger partial charge in [-0.25, -0.2) is 4.98 Å². The van der Waals surface area contributed by atoms with Crippen molar-refractivity contribution in [1.29, 1.82) is 0 Å². The lowest BCUT2D eigenvalue weighted by Crippen LogP contribution is -2.00. The van der Waals surface area contributed by atoms with Crippen LogP contribution >= 0.6 is 11.6 Å². The molecule has 3 rings (SSSR count). The normalized spacial score (nSPS) is 11.2. The summed E-state index contributed by atoms with van der Waals surface area (Å²) in [5.41, 5.74) is 4.83. The number of rotatable bonds is 3. The number of hydrogen-bond acceptors (Lipinski definition) is 2. The van der Waals surface area contributed by atoms with E-state index in [9.17, 15) is 5.11 Å². The van der Waals surface area contributed by atoms with Crippen molar-refractivity contribution < 1.29 is 5.11 Å². The Hall–Kier alpha value is -1.84. The summed E-state index contributed by atoms with van der Waals surface area (Å²) in [7, 11) is 0. The van der Waals surface area contributed by atoms with Crippen LogP contribution in [0, 0.1) is 6.92 Å². The molecule has 0 bridgehead atoms. The number of aromatic nitrogens is 2. The van der Waals surface area contributed by atoms with Crippen molar-refractivity contribution in [3.05, 3.63) is 70.1 Å². The van der Waals surface area contributed by atoms with Crippen LogP contribution in [0.4, 0.5) is 0 Å². The van der Waals surface area contributed by atoms with Gasteiger partial charge in [0.1, 0.15) is 5.65 Å². The molecule has 3 nitrogen and oxygen atoms in total. The molecule has 0 aliphatic heterocycles. The van der Waals surface area contributed by atoms with Crippen molar-refractivity contribution >= 4 is 17.2 Å². The van der Waals surface area contributed by atoms with Gasteiger partial charge in [-0.1, -0.05) is 29.8 Å². The zero-order valence-corrected chi connectivity index (χ0v) is 11.9. The third kappa shape index (κ3) is 2.30. The van der Waals surface area contributed by atoms with Crippen molar-refractivity contribution in [2.75, 3.05) is 0 Å². The van der Waals surface area contributed by atoms with E-state index in [1.165, 1.54) is 0 Å². The van der Waals surface area contributed by atoms with E-state index in [1.807, 2.05) is 53.8 Å². The Morgan fingerprint density at radius 2 is 1.90 bits per heavy atom. The average Bonchev–Trinajstić information content (AvgIpc) is 2.80. The maximum atomic E-state index is 9.67. The first-order valence-electron chi connectivity index (χ1n) is 6.50. The highest BCUT2D eigenvalue weighted by atomic mass is 35.5. The summed E-state index contributed by atoms with van der Waals surface area (Å²) in [5, 5.41) is 10.4. The molecular formula is C16H15ClN2O. The zero-order valence-electron chi connectivity index (χ0n) is 11.2. The van der Waals surface area contributed by atoms with Crippen LogP contribution in [0.15, 0.2) is 42.5 Å². The van der Waals surface area contributed by atoms with Gasteiger partial charge in [0.2, 0.25) is 0 Å². The third-order valence-electron chi connectivity index (χ3n) is 3.45. The zero-order chi connectivity index (χ0) is 14.1. The van der Waals surface area contributed by atoms with Crippen LogP contribution in [0.3, 0.4) is 0 Å². The second kappa shape index (κ2) is 5.27. The topological polar surface area (TPSA) is 37.5 Å². The Balaban J connectivity index is 2.07. The molecule has 1 N–H and O–H groups in total. The number of halogens is 1. The summed E-state index contributed by atoms with van der Waals surface area (Å²) in [6.45, 7) is 1.99. The third-order valence-corrected chi connectivity index (χ3v) is 3.70. The van der Waals surface area contributed by atoms with Crippen LogP contribution in [0.1, 0.15) is 22.6 Å². The molecule has 0 atom stereocenters. The smallest absolute Gasteiger partial charge is 0.137 e. The minimum Gasteiger partial charge on any atom is -0.390 e. The number of pyridine rings is 1. The van der Waals surface area contributed by atoms with E-state index in [1.54, 1.807) is 0 Å². The fraction of sp³-hybridized carbons (Fsp3) is 0.188. The molecule has 0 aliphatic rings. The molecule has 3 aromatic rings. The highest BCUT2D eigenvalue weighted by Crippen LogP contribution is 2.19. The van der Waals surface area contributed by atoms with Gasteiger partial charge >= 0.3 is 0 Å². The number of aryl methyl sites for hydroxylation is 1. The van der Waals surface area contributed by atoms with Gasteiger partial charge in [-0.05, 0) is 36.8 Å². The molecule has 0 unspecified atom stereocenters. The number of aliphatic hydroxyl groups is 1. The molecule has 2 heterocycles. The summed E-state index contributed by atoms with van der Waals surface area (Å²) < 4.78 is 2.01. The molecule has 0 spiro atoms. The van der Waals surface area contributed by atoms with Crippen molar-refractivity contribution in [2.24, 2.45) is 0 Å². The van der Waals surface area contributed by atoms with Crippen molar-refractivity contribution in [3.63, 3.8) is 0 Å². The largest absolute Gasteiger partial charge is 0.390 e. The molecule has 1 aromatic carbocycles. The van der Waals surface area contributed by atoms with Gasteiger partial charge in [0, 0.05) is 17.1 Å². The Bertz CT molecular complexity index is 747. The highest BCUT2D eigenvalue weighted by molar-refractivity contribution is 6.30. The summed E-state index contributed by atoms with van der Waals surface area (Å²) in [4.78, 5) is 4.63. The second-order valence-electron chi connectivity index (χ2n) is 4.83. The number of nitrogens with zero attached hydrogens (tertiary/aromatic N) is 2. The molecular weight excluding hydrogens is 272 g/mol. The van der Waals surface area contributed by atoms with E-state index in [-0.39, 0.29) is 6.61 Å². The fourth-order valence-electron chi connectivity index (χ4n) is 2.47. The van der Waals surface area contributed by atoms with Crippen LogP contribution in [0.2, 0.25) is 5.02 Å². The van der Waals surface area contributed by atoms with Gasteiger partial charge in [-0.2, -0.15) is 0 Å². The van der Waals surface area contributed by atoms with Crippen LogP contribution in [-0.2, 0) is 13.0 Å². The maximum Gasteiger partial charge on any atom is 0.137 e.